The van der Waals surface area contributed by atoms with Gasteiger partial charge in [0.2, 0.25) is 0 Å². The van der Waals surface area contributed by atoms with Crippen LogP contribution in [0.1, 0.15) is 12.5 Å². The Morgan fingerprint density at radius 3 is 2.61 bits per heavy atom. The number of esters is 1. The van der Waals surface area contributed by atoms with Gasteiger partial charge in [0.15, 0.2) is 17.6 Å². The molecule has 1 unspecified atom stereocenters. The van der Waals surface area contributed by atoms with Crippen molar-refractivity contribution in [2.75, 3.05) is 14.2 Å². The van der Waals surface area contributed by atoms with Gasteiger partial charge in [0.05, 0.1) is 25.3 Å². The van der Waals surface area contributed by atoms with Crippen molar-refractivity contribution < 1.29 is 24.1 Å². The smallest absolute Gasteiger partial charge is 0.346 e. The standard InChI is InChI=1S/C12H15BrO5/c1-7(12(15)17-3)18-11-9(13)4-8(6-14)5-10(11)16-2/h4-5,7,14H,6H2,1-3H3. The molecule has 18 heavy (non-hydrogen) atoms. The normalized spacial score (nSPS) is 11.8. The minimum absolute atomic E-state index is 0.109. The first kappa shape index (κ1) is 14.8. The molecule has 5 nitrogen and oxygen atoms in total. The summed E-state index contributed by atoms with van der Waals surface area (Å²) in [7, 11) is 2.78. The van der Waals surface area contributed by atoms with E-state index in [1.54, 1.807) is 19.1 Å². The molecule has 0 heterocycles. The van der Waals surface area contributed by atoms with E-state index < -0.39 is 12.1 Å². The molecular weight excluding hydrogens is 304 g/mol. The highest BCUT2D eigenvalue weighted by atomic mass is 79.9. The van der Waals surface area contributed by atoms with Crippen LogP contribution in [0.15, 0.2) is 16.6 Å². The van der Waals surface area contributed by atoms with Crippen LogP contribution in [-0.4, -0.2) is 31.4 Å². The van der Waals surface area contributed by atoms with Crippen LogP contribution in [0.25, 0.3) is 0 Å². The molecule has 1 rings (SSSR count). The summed E-state index contributed by atoms with van der Waals surface area (Å²) < 4.78 is 15.8. The van der Waals surface area contributed by atoms with Gasteiger partial charge in [0.1, 0.15) is 0 Å². The van der Waals surface area contributed by atoms with Crippen LogP contribution in [-0.2, 0) is 16.1 Å². The van der Waals surface area contributed by atoms with Gasteiger partial charge in [-0.25, -0.2) is 4.79 Å². The van der Waals surface area contributed by atoms with Crippen molar-refractivity contribution in [1.82, 2.24) is 0 Å². The van der Waals surface area contributed by atoms with Gasteiger partial charge < -0.3 is 19.3 Å². The maximum atomic E-state index is 11.3. The molecule has 0 bridgehead atoms. The predicted molar refractivity (Wildman–Crippen MR) is 68.7 cm³/mol. The van der Waals surface area contributed by atoms with E-state index in [9.17, 15) is 4.79 Å². The maximum absolute atomic E-state index is 11.3. The summed E-state index contributed by atoms with van der Waals surface area (Å²) in [6, 6.07) is 3.34. The van der Waals surface area contributed by atoms with Crippen LogP contribution in [0, 0.1) is 0 Å². The average Bonchev–Trinajstić information content (AvgIpc) is 2.39. The quantitative estimate of drug-likeness (QED) is 0.840. The summed E-state index contributed by atoms with van der Waals surface area (Å²) in [6.45, 7) is 1.47. The zero-order valence-electron chi connectivity index (χ0n) is 10.4. The highest BCUT2D eigenvalue weighted by molar-refractivity contribution is 9.10. The van der Waals surface area contributed by atoms with Gasteiger partial charge >= 0.3 is 5.97 Å². The molecule has 6 heteroatoms. The topological polar surface area (TPSA) is 65.0 Å². The van der Waals surface area contributed by atoms with Crippen molar-refractivity contribution in [3.8, 4) is 11.5 Å². The molecule has 0 aliphatic carbocycles. The van der Waals surface area contributed by atoms with Gasteiger partial charge in [-0.05, 0) is 40.5 Å². The Bertz CT molecular complexity index is 433. The zero-order valence-corrected chi connectivity index (χ0v) is 12.0. The number of aliphatic hydroxyl groups is 1. The molecule has 0 radical (unpaired) electrons. The molecule has 0 spiro atoms. The molecular formula is C12H15BrO5. The second kappa shape index (κ2) is 6.61. The van der Waals surface area contributed by atoms with Gasteiger partial charge in [-0.3, -0.25) is 0 Å². The molecule has 1 N–H and O–H groups in total. The van der Waals surface area contributed by atoms with Crippen LogP contribution in [0.3, 0.4) is 0 Å². The van der Waals surface area contributed by atoms with Gasteiger partial charge in [-0.15, -0.1) is 0 Å². The average molecular weight is 319 g/mol. The molecule has 0 amide bonds. The number of methoxy groups -OCH3 is 2. The van der Waals surface area contributed by atoms with E-state index in [4.69, 9.17) is 14.6 Å². The molecule has 100 valence electrons. The zero-order chi connectivity index (χ0) is 13.7. The molecule has 0 aliphatic rings. The van der Waals surface area contributed by atoms with Crippen LogP contribution in [0.5, 0.6) is 11.5 Å². The lowest BCUT2D eigenvalue weighted by Crippen LogP contribution is -2.25. The lowest BCUT2D eigenvalue weighted by atomic mass is 10.2. The number of ether oxygens (including phenoxy) is 3. The fourth-order valence-corrected chi connectivity index (χ4v) is 1.95. The first-order valence-corrected chi connectivity index (χ1v) is 6.04. The summed E-state index contributed by atoms with van der Waals surface area (Å²) >= 11 is 3.31. The van der Waals surface area contributed by atoms with Crippen molar-refractivity contribution in [2.24, 2.45) is 0 Å². The summed E-state index contributed by atoms with van der Waals surface area (Å²) in [5, 5.41) is 9.09. The van der Waals surface area contributed by atoms with E-state index in [0.29, 0.717) is 21.5 Å². The number of halogens is 1. The molecule has 0 fully saturated rings. The SMILES string of the molecule is COC(=O)C(C)Oc1c(Br)cc(CO)cc1OC. The van der Waals surface area contributed by atoms with Gasteiger partial charge in [-0.2, -0.15) is 0 Å². The summed E-state index contributed by atoms with van der Waals surface area (Å²) in [5.74, 6) is 0.354. The maximum Gasteiger partial charge on any atom is 0.346 e. The number of carbonyl (C=O) groups excluding carboxylic acids is 1. The monoisotopic (exact) mass is 318 g/mol. The minimum Gasteiger partial charge on any atom is -0.493 e. The fraction of sp³-hybridized carbons (Fsp3) is 0.417. The number of carbonyl (C=O) groups is 1. The first-order chi connectivity index (χ1) is 8.53. The number of rotatable bonds is 5. The van der Waals surface area contributed by atoms with E-state index in [1.807, 2.05) is 0 Å². The predicted octanol–water partition coefficient (Wildman–Crippen LogP) is 1.89. The van der Waals surface area contributed by atoms with Gasteiger partial charge in [0.25, 0.3) is 0 Å². The van der Waals surface area contributed by atoms with E-state index in [1.165, 1.54) is 14.2 Å². The Morgan fingerprint density at radius 1 is 1.44 bits per heavy atom. The van der Waals surface area contributed by atoms with Crippen molar-refractivity contribution in [3.05, 3.63) is 22.2 Å². The third kappa shape index (κ3) is 3.36. The van der Waals surface area contributed by atoms with Crippen molar-refractivity contribution in [1.29, 1.82) is 0 Å². The molecule has 1 aromatic carbocycles. The van der Waals surface area contributed by atoms with Crippen LogP contribution < -0.4 is 9.47 Å². The van der Waals surface area contributed by atoms with Crippen molar-refractivity contribution >= 4 is 21.9 Å². The van der Waals surface area contributed by atoms with Crippen LogP contribution in [0.2, 0.25) is 0 Å². The fourth-order valence-electron chi connectivity index (χ4n) is 1.37. The molecule has 1 atom stereocenters. The molecule has 1 aromatic rings. The summed E-state index contributed by atoms with van der Waals surface area (Å²) in [4.78, 5) is 11.3. The Labute approximate surface area is 114 Å². The molecule has 0 aromatic heterocycles. The molecule has 0 saturated heterocycles. The largest absolute Gasteiger partial charge is 0.493 e. The Kier molecular flexibility index (Phi) is 5.43. The summed E-state index contributed by atoms with van der Waals surface area (Å²) in [6.07, 6.45) is -0.750. The van der Waals surface area contributed by atoms with Gasteiger partial charge in [-0.1, -0.05) is 0 Å². The Hall–Kier alpha value is -1.27. The van der Waals surface area contributed by atoms with E-state index in [2.05, 4.69) is 20.7 Å². The van der Waals surface area contributed by atoms with E-state index in [-0.39, 0.29) is 6.61 Å². The number of hydrogen-bond acceptors (Lipinski definition) is 5. The third-order valence-corrected chi connectivity index (χ3v) is 2.89. The summed E-state index contributed by atoms with van der Waals surface area (Å²) in [5.41, 5.74) is 0.678. The minimum atomic E-state index is -0.750. The first-order valence-electron chi connectivity index (χ1n) is 5.25. The van der Waals surface area contributed by atoms with E-state index >= 15 is 0 Å². The number of hydrogen-bond donors (Lipinski definition) is 1. The van der Waals surface area contributed by atoms with Crippen molar-refractivity contribution in [2.45, 2.75) is 19.6 Å². The van der Waals surface area contributed by atoms with Gasteiger partial charge in [0, 0.05) is 0 Å². The third-order valence-electron chi connectivity index (χ3n) is 2.30. The Balaban J connectivity index is 3.04. The highest BCUT2D eigenvalue weighted by Crippen LogP contribution is 2.37. The second-order valence-electron chi connectivity index (χ2n) is 3.55. The van der Waals surface area contributed by atoms with Crippen molar-refractivity contribution in [3.63, 3.8) is 0 Å². The highest BCUT2D eigenvalue weighted by Gasteiger charge is 2.19. The van der Waals surface area contributed by atoms with Crippen LogP contribution in [0.4, 0.5) is 0 Å². The Morgan fingerprint density at radius 2 is 2.11 bits per heavy atom. The lowest BCUT2D eigenvalue weighted by molar-refractivity contribution is -0.147. The van der Waals surface area contributed by atoms with Crippen LogP contribution >= 0.6 is 15.9 Å². The molecule has 0 saturated carbocycles. The number of aliphatic hydroxyl groups excluding tert-OH is 1. The molecule has 0 aliphatic heterocycles. The van der Waals surface area contributed by atoms with E-state index in [0.717, 1.165) is 0 Å². The second-order valence-corrected chi connectivity index (χ2v) is 4.40. The number of benzene rings is 1. The lowest BCUT2D eigenvalue weighted by Gasteiger charge is -2.17.